The highest BCUT2D eigenvalue weighted by Gasteiger charge is 2.46. The topological polar surface area (TPSA) is 68.3 Å². The van der Waals surface area contributed by atoms with Crippen LogP contribution < -0.4 is 4.72 Å². The molecule has 18 heavy (non-hydrogen) atoms. The van der Waals surface area contributed by atoms with Gasteiger partial charge in [-0.1, -0.05) is 6.07 Å². The highest BCUT2D eigenvalue weighted by atomic mass is 32.2. The lowest BCUT2D eigenvalue weighted by Crippen LogP contribution is -2.58. The molecular formula is C12H17N2O3S. The minimum atomic E-state index is -3.49. The van der Waals surface area contributed by atoms with Crippen LogP contribution in [0.2, 0.25) is 0 Å². The monoisotopic (exact) mass is 269 g/mol. The summed E-state index contributed by atoms with van der Waals surface area (Å²) in [6.45, 7) is 5.47. The van der Waals surface area contributed by atoms with Gasteiger partial charge in [0.15, 0.2) is 5.72 Å². The van der Waals surface area contributed by atoms with E-state index in [1.807, 2.05) is 0 Å². The Morgan fingerprint density at radius 3 is 2.56 bits per heavy atom. The van der Waals surface area contributed by atoms with E-state index in [1.54, 1.807) is 39.1 Å². The average Bonchev–Trinajstić information content (AvgIpc) is 2.23. The van der Waals surface area contributed by atoms with Crippen LogP contribution in [0.15, 0.2) is 18.3 Å². The van der Waals surface area contributed by atoms with Crippen molar-refractivity contribution in [3.63, 3.8) is 0 Å². The van der Waals surface area contributed by atoms with E-state index in [-0.39, 0.29) is 0 Å². The lowest BCUT2D eigenvalue weighted by Gasteiger charge is -2.43. The van der Waals surface area contributed by atoms with E-state index in [1.165, 1.54) is 0 Å². The summed E-state index contributed by atoms with van der Waals surface area (Å²) in [6, 6.07) is 3.50. The minimum absolute atomic E-state index is 0.523. The molecule has 1 aliphatic rings. The Bertz CT molecular complexity index is 516. The van der Waals surface area contributed by atoms with Gasteiger partial charge in [0.2, 0.25) is 10.0 Å². The summed E-state index contributed by atoms with van der Waals surface area (Å²) in [5.41, 5.74) is -0.385. The number of nitrogens with zero attached hydrogens (tertiary/aromatic N) is 1. The van der Waals surface area contributed by atoms with Crippen molar-refractivity contribution in [3.8, 4) is 0 Å². The maximum Gasteiger partial charge on any atom is 0.219 e. The number of rotatable bonds is 3. The lowest BCUT2D eigenvalue weighted by atomic mass is 9.98. The van der Waals surface area contributed by atoms with Gasteiger partial charge in [0, 0.05) is 18.2 Å². The first-order valence-corrected chi connectivity index (χ1v) is 7.26. The van der Waals surface area contributed by atoms with Crippen LogP contribution in [0.5, 0.6) is 0 Å². The Balaban J connectivity index is 2.32. The largest absolute Gasteiger partial charge is 0.355 e. The second-order valence-corrected chi connectivity index (χ2v) is 7.74. The molecule has 0 saturated carbocycles. The molecule has 1 unspecified atom stereocenters. The Kier molecular flexibility index (Phi) is 3.21. The van der Waals surface area contributed by atoms with Crippen LogP contribution in [0.4, 0.5) is 0 Å². The fourth-order valence-corrected chi connectivity index (χ4v) is 2.59. The number of aromatic nitrogens is 1. The fraction of sp³-hybridized carbons (Fsp3) is 0.583. The molecule has 6 heteroatoms. The van der Waals surface area contributed by atoms with Gasteiger partial charge in [0.1, 0.15) is 0 Å². The van der Waals surface area contributed by atoms with Crippen LogP contribution in [0, 0.1) is 6.20 Å². The van der Waals surface area contributed by atoms with Gasteiger partial charge in [-0.05, 0) is 26.8 Å². The number of ether oxygens (including phenoxy) is 1. The fourth-order valence-electron chi connectivity index (χ4n) is 1.58. The summed E-state index contributed by atoms with van der Waals surface area (Å²) < 4.78 is 31.6. The molecule has 1 fully saturated rings. The van der Waals surface area contributed by atoms with Gasteiger partial charge < -0.3 is 4.74 Å². The maximum atomic E-state index is 12.2. The zero-order valence-corrected chi connectivity index (χ0v) is 11.5. The van der Waals surface area contributed by atoms with Crippen molar-refractivity contribution in [1.82, 2.24) is 9.71 Å². The van der Waals surface area contributed by atoms with Crippen LogP contribution in [0.1, 0.15) is 32.8 Å². The van der Waals surface area contributed by atoms with Crippen LogP contribution >= 0.6 is 0 Å². The second kappa shape index (κ2) is 4.29. The molecule has 1 atom stereocenters. The van der Waals surface area contributed by atoms with E-state index >= 15 is 0 Å². The SMILES string of the molecule is CC(C)(C)S(=O)(=O)NC1(c2[c]nccc2)CCO1. The van der Waals surface area contributed by atoms with Gasteiger partial charge >= 0.3 is 0 Å². The standard InChI is InChI=1S/C12H17N2O3S/c1-11(2,3)18(15,16)14-12(6-8-17-12)10-5-4-7-13-9-10/h4-5,7,14H,6,8H2,1-3H3. The molecular weight excluding hydrogens is 252 g/mol. The molecule has 0 amide bonds. The number of hydrogen-bond donors (Lipinski definition) is 1. The van der Waals surface area contributed by atoms with Crippen molar-refractivity contribution in [2.24, 2.45) is 0 Å². The normalized spacial score (nSPS) is 24.6. The Morgan fingerprint density at radius 1 is 1.50 bits per heavy atom. The number of hydrogen-bond acceptors (Lipinski definition) is 4. The van der Waals surface area contributed by atoms with E-state index in [4.69, 9.17) is 4.74 Å². The van der Waals surface area contributed by atoms with Gasteiger partial charge in [-0.3, -0.25) is 4.98 Å². The molecule has 2 rings (SSSR count). The van der Waals surface area contributed by atoms with Crippen molar-refractivity contribution in [3.05, 3.63) is 30.1 Å². The Hall–Kier alpha value is -0.980. The van der Waals surface area contributed by atoms with Crippen molar-refractivity contribution < 1.29 is 13.2 Å². The van der Waals surface area contributed by atoms with Gasteiger partial charge in [-0.25, -0.2) is 8.42 Å². The third-order valence-electron chi connectivity index (χ3n) is 2.95. The molecule has 1 aromatic heterocycles. The molecule has 1 saturated heterocycles. The zero-order valence-electron chi connectivity index (χ0n) is 10.7. The van der Waals surface area contributed by atoms with Crippen molar-refractivity contribution in [2.75, 3.05) is 6.61 Å². The average molecular weight is 269 g/mol. The maximum absolute atomic E-state index is 12.2. The van der Waals surface area contributed by atoms with E-state index < -0.39 is 20.5 Å². The summed E-state index contributed by atoms with van der Waals surface area (Å²) in [4.78, 5) is 3.88. The summed E-state index contributed by atoms with van der Waals surface area (Å²) >= 11 is 0. The van der Waals surface area contributed by atoms with Crippen molar-refractivity contribution in [1.29, 1.82) is 0 Å². The summed E-state index contributed by atoms with van der Waals surface area (Å²) in [7, 11) is -3.49. The molecule has 0 aromatic carbocycles. The molecule has 1 aromatic rings. The molecule has 2 heterocycles. The highest BCUT2D eigenvalue weighted by Crippen LogP contribution is 2.36. The Labute approximate surface area is 108 Å². The van der Waals surface area contributed by atoms with Crippen molar-refractivity contribution in [2.45, 2.75) is 37.7 Å². The second-order valence-electron chi connectivity index (χ2n) is 5.31. The molecule has 5 nitrogen and oxygen atoms in total. The molecule has 0 aliphatic carbocycles. The predicted octanol–water partition coefficient (Wildman–Crippen LogP) is 1.17. The molecule has 99 valence electrons. The number of sulfonamides is 1. The third kappa shape index (κ3) is 2.28. The number of pyridine rings is 1. The highest BCUT2D eigenvalue weighted by molar-refractivity contribution is 7.90. The molecule has 1 radical (unpaired) electrons. The molecule has 0 spiro atoms. The van der Waals surface area contributed by atoms with Crippen molar-refractivity contribution >= 4 is 10.0 Å². The van der Waals surface area contributed by atoms with E-state index in [9.17, 15) is 8.42 Å². The summed E-state index contributed by atoms with van der Waals surface area (Å²) in [5.74, 6) is 0. The van der Waals surface area contributed by atoms with E-state index in [0.29, 0.717) is 18.6 Å². The first-order valence-electron chi connectivity index (χ1n) is 5.78. The summed E-state index contributed by atoms with van der Waals surface area (Å²) in [6.07, 6.45) is 4.96. The quantitative estimate of drug-likeness (QED) is 0.894. The van der Waals surface area contributed by atoms with Crippen LogP contribution in [0.25, 0.3) is 0 Å². The van der Waals surface area contributed by atoms with Gasteiger partial charge in [0.25, 0.3) is 0 Å². The first kappa shape index (κ1) is 13.5. The zero-order chi connectivity index (χ0) is 13.4. The van der Waals surface area contributed by atoms with Crippen LogP contribution in [-0.2, 0) is 20.5 Å². The predicted molar refractivity (Wildman–Crippen MR) is 67.1 cm³/mol. The number of nitrogens with one attached hydrogen (secondary N) is 1. The molecule has 0 bridgehead atoms. The van der Waals surface area contributed by atoms with Gasteiger partial charge in [0.05, 0.1) is 17.6 Å². The van der Waals surface area contributed by atoms with Crippen LogP contribution in [-0.4, -0.2) is 24.8 Å². The molecule has 1 N–H and O–H groups in total. The van der Waals surface area contributed by atoms with Gasteiger partial charge in [-0.2, -0.15) is 4.72 Å². The van der Waals surface area contributed by atoms with Crippen LogP contribution in [0.3, 0.4) is 0 Å². The molecule has 1 aliphatic heterocycles. The lowest BCUT2D eigenvalue weighted by molar-refractivity contribution is -0.162. The summed E-state index contributed by atoms with van der Waals surface area (Å²) in [5, 5.41) is 0. The third-order valence-corrected chi connectivity index (χ3v) is 5.16. The smallest absolute Gasteiger partial charge is 0.219 e. The van der Waals surface area contributed by atoms with E-state index in [0.717, 1.165) is 0 Å². The Morgan fingerprint density at radius 2 is 2.17 bits per heavy atom. The first-order chi connectivity index (χ1) is 8.27. The minimum Gasteiger partial charge on any atom is -0.355 e. The van der Waals surface area contributed by atoms with Gasteiger partial charge in [-0.15, -0.1) is 0 Å². The van der Waals surface area contributed by atoms with E-state index in [2.05, 4.69) is 15.9 Å².